The Morgan fingerprint density at radius 3 is 2.95 bits per heavy atom. The van der Waals surface area contributed by atoms with Gasteiger partial charge in [0, 0.05) is 11.1 Å². The summed E-state index contributed by atoms with van der Waals surface area (Å²) in [6.07, 6.45) is 4.87. The molecule has 1 aliphatic rings. The maximum Gasteiger partial charge on any atom is 0.129 e. The first kappa shape index (κ1) is 15.0. The normalized spacial score (nSPS) is 22.1. The van der Waals surface area contributed by atoms with Crippen LogP contribution in [0.25, 0.3) is 0 Å². The molecule has 2 nitrogen and oxygen atoms in total. The molecule has 2 rings (SSSR count). The standard InChI is InChI=1S/C17H21FO2/c1-13-4-2-6-16(10-13)20-12-15-8-7-14(5-3-9-19)11-17(15)18/h7-8,11,13,16,19H,2,4,6,9-10,12H2,1H3. The Kier molecular flexibility index (Phi) is 5.58. The monoisotopic (exact) mass is 276 g/mol. The summed E-state index contributed by atoms with van der Waals surface area (Å²) in [5.74, 6) is 5.61. The zero-order valence-corrected chi connectivity index (χ0v) is 11.9. The van der Waals surface area contributed by atoms with Crippen molar-refractivity contribution < 1.29 is 14.2 Å². The average molecular weight is 276 g/mol. The zero-order valence-electron chi connectivity index (χ0n) is 11.9. The van der Waals surface area contributed by atoms with E-state index in [1.54, 1.807) is 12.1 Å². The summed E-state index contributed by atoms with van der Waals surface area (Å²) in [5, 5.41) is 8.61. The van der Waals surface area contributed by atoms with Gasteiger partial charge in [0.15, 0.2) is 0 Å². The Labute approximate surface area is 120 Å². The van der Waals surface area contributed by atoms with Crippen LogP contribution < -0.4 is 0 Å². The second-order valence-electron chi connectivity index (χ2n) is 5.47. The Hall–Kier alpha value is -1.37. The van der Waals surface area contributed by atoms with E-state index in [4.69, 9.17) is 9.84 Å². The summed E-state index contributed by atoms with van der Waals surface area (Å²) in [6.45, 7) is 2.34. The lowest BCUT2D eigenvalue weighted by molar-refractivity contribution is 0.00353. The van der Waals surface area contributed by atoms with Crippen molar-refractivity contribution >= 4 is 0 Å². The van der Waals surface area contributed by atoms with E-state index in [0.29, 0.717) is 23.7 Å². The minimum atomic E-state index is -0.293. The molecule has 108 valence electrons. The van der Waals surface area contributed by atoms with Crippen molar-refractivity contribution in [2.24, 2.45) is 5.92 Å². The first-order valence-corrected chi connectivity index (χ1v) is 7.19. The maximum atomic E-state index is 13.9. The topological polar surface area (TPSA) is 29.5 Å². The summed E-state index contributed by atoms with van der Waals surface area (Å²) in [6, 6.07) is 4.86. The minimum absolute atomic E-state index is 0.216. The fourth-order valence-electron chi connectivity index (χ4n) is 2.62. The molecule has 2 atom stereocenters. The lowest BCUT2D eigenvalue weighted by Gasteiger charge is -2.26. The van der Waals surface area contributed by atoms with Gasteiger partial charge in [-0.3, -0.25) is 0 Å². The summed E-state index contributed by atoms with van der Waals surface area (Å²) in [5.41, 5.74) is 1.14. The Morgan fingerprint density at radius 2 is 2.25 bits per heavy atom. The molecule has 0 bridgehead atoms. The molecule has 0 amide bonds. The molecule has 0 heterocycles. The predicted octanol–water partition coefficient (Wildman–Crippen LogP) is 3.26. The summed E-state index contributed by atoms with van der Waals surface area (Å²) in [7, 11) is 0. The zero-order chi connectivity index (χ0) is 14.4. The van der Waals surface area contributed by atoms with E-state index in [0.717, 1.165) is 12.8 Å². The van der Waals surface area contributed by atoms with Crippen molar-refractivity contribution in [3.05, 3.63) is 35.1 Å². The first-order valence-electron chi connectivity index (χ1n) is 7.19. The quantitative estimate of drug-likeness (QED) is 0.859. The van der Waals surface area contributed by atoms with Crippen LogP contribution in [-0.2, 0) is 11.3 Å². The van der Waals surface area contributed by atoms with Crippen molar-refractivity contribution in [2.45, 2.75) is 45.3 Å². The third-order valence-electron chi connectivity index (χ3n) is 3.73. The van der Waals surface area contributed by atoms with E-state index in [1.807, 2.05) is 0 Å². The van der Waals surface area contributed by atoms with Gasteiger partial charge in [0.25, 0.3) is 0 Å². The highest BCUT2D eigenvalue weighted by atomic mass is 19.1. The van der Waals surface area contributed by atoms with E-state index < -0.39 is 0 Å². The summed E-state index contributed by atoms with van der Waals surface area (Å²) >= 11 is 0. The van der Waals surface area contributed by atoms with Crippen LogP contribution in [0.2, 0.25) is 0 Å². The van der Waals surface area contributed by atoms with E-state index in [9.17, 15) is 4.39 Å². The fourth-order valence-corrected chi connectivity index (χ4v) is 2.62. The largest absolute Gasteiger partial charge is 0.384 e. The molecular weight excluding hydrogens is 255 g/mol. The number of ether oxygens (including phenoxy) is 1. The van der Waals surface area contributed by atoms with Crippen molar-refractivity contribution in [3.8, 4) is 11.8 Å². The van der Waals surface area contributed by atoms with Gasteiger partial charge in [-0.05, 0) is 30.9 Å². The van der Waals surface area contributed by atoms with Gasteiger partial charge in [-0.2, -0.15) is 0 Å². The van der Waals surface area contributed by atoms with Gasteiger partial charge in [-0.15, -0.1) is 0 Å². The van der Waals surface area contributed by atoms with Gasteiger partial charge in [0.05, 0.1) is 12.7 Å². The van der Waals surface area contributed by atoms with Crippen LogP contribution >= 0.6 is 0 Å². The van der Waals surface area contributed by atoms with Gasteiger partial charge in [0.2, 0.25) is 0 Å². The van der Waals surface area contributed by atoms with Crippen molar-refractivity contribution in [3.63, 3.8) is 0 Å². The number of aliphatic hydroxyl groups excluding tert-OH is 1. The maximum absolute atomic E-state index is 13.9. The van der Waals surface area contributed by atoms with Crippen molar-refractivity contribution in [1.82, 2.24) is 0 Å². The molecule has 3 heteroatoms. The molecule has 0 spiro atoms. The Morgan fingerprint density at radius 1 is 1.40 bits per heavy atom. The number of halogens is 1. The number of hydrogen-bond donors (Lipinski definition) is 1. The molecule has 0 aromatic heterocycles. The summed E-state index contributed by atoms with van der Waals surface area (Å²) in [4.78, 5) is 0. The van der Waals surface area contributed by atoms with Crippen molar-refractivity contribution in [1.29, 1.82) is 0 Å². The molecule has 1 saturated carbocycles. The third-order valence-corrected chi connectivity index (χ3v) is 3.73. The second kappa shape index (κ2) is 7.42. The SMILES string of the molecule is CC1CCCC(OCc2ccc(C#CCO)cc2F)C1. The molecule has 1 fully saturated rings. The van der Waals surface area contributed by atoms with Crippen LogP contribution in [0.3, 0.4) is 0 Å². The minimum Gasteiger partial charge on any atom is -0.384 e. The predicted molar refractivity (Wildman–Crippen MR) is 76.6 cm³/mol. The van der Waals surface area contributed by atoms with Gasteiger partial charge in [0.1, 0.15) is 12.4 Å². The number of aliphatic hydroxyl groups is 1. The highest BCUT2D eigenvalue weighted by molar-refractivity contribution is 5.36. The van der Waals surface area contributed by atoms with Crippen LogP contribution in [0.4, 0.5) is 4.39 Å². The van der Waals surface area contributed by atoms with Gasteiger partial charge in [-0.1, -0.05) is 37.7 Å². The highest BCUT2D eigenvalue weighted by Gasteiger charge is 2.19. The number of benzene rings is 1. The lowest BCUT2D eigenvalue weighted by atomic mass is 9.89. The number of rotatable bonds is 3. The van der Waals surface area contributed by atoms with Gasteiger partial charge >= 0.3 is 0 Å². The lowest BCUT2D eigenvalue weighted by Crippen LogP contribution is -2.21. The molecule has 20 heavy (non-hydrogen) atoms. The molecule has 0 saturated heterocycles. The molecule has 0 radical (unpaired) electrons. The Balaban J connectivity index is 1.92. The molecule has 1 aliphatic carbocycles. The van der Waals surface area contributed by atoms with Gasteiger partial charge in [-0.25, -0.2) is 4.39 Å². The molecule has 1 aromatic carbocycles. The third kappa shape index (κ3) is 4.33. The first-order chi connectivity index (χ1) is 9.69. The smallest absolute Gasteiger partial charge is 0.129 e. The van der Waals surface area contributed by atoms with Crippen LogP contribution in [0.1, 0.15) is 43.7 Å². The van der Waals surface area contributed by atoms with Crippen LogP contribution in [0, 0.1) is 23.6 Å². The van der Waals surface area contributed by atoms with Gasteiger partial charge < -0.3 is 9.84 Å². The van der Waals surface area contributed by atoms with Crippen LogP contribution in [-0.4, -0.2) is 17.8 Å². The fraction of sp³-hybridized carbons (Fsp3) is 0.529. The van der Waals surface area contributed by atoms with Crippen LogP contribution in [0.15, 0.2) is 18.2 Å². The second-order valence-corrected chi connectivity index (χ2v) is 5.47. The van der Waals surface area contributed by atoms with Crippen molar-refractivity contribution in [2.75, 3.05) is 6.61 Å². The highest BCUT2D eigenvalue weighted by Crippen LogP contribution is 2.26. The van der Waals surface area contributed by atoms with Crippen LogP contribution in [0.5, 0.6) is 0 Å². The molecular formula is C17H21FO2. The van der Waals surface area contributed by atoms with E-state index in [1.165, 1.54) is 18.9 Å². The average Bonchev–Trinajstić information content (AvgIpc) is 2.44. The Bertz CT molecular complexity index is 501. The molecule has 2 unspecified atom stereocenters. The molecule has 0 aliphatic heterocycles. The number of hydrogen-bond acceptors (Lipinski definition) is 2. The molecule has 1 aromatic rings. The van der Waals surface area contributed by atoms with E-state index in [2.05, 4.69) is 18.8 Å². The summed E-state index contributed by atoms with van der Waals surface area (Å²) < 4.78 is 19.7. The van der Waals surface area contributed by atoms with E-state index >= 15 is 0 Å². The molecule has 1 N–H and O–H groups in total. The van der Waals surface area contributed by atoms with E-state index in [-0.39, 0.29) is 18.5 Å².